The highest BCUT2D eigenvalue weighted by Gasteiger charge is 2.05. The minimum absolute atomic E-state index is 0.0322. The van der Waals surface area contributed by atoms with Gasteiger partial charge in [0.05, 0.1) is 26.6 Å². The second-order valence-electron chi connectivity index (χ2n) is 6.30. The van der Waals surface area contributed by atoms with E-state index in [0.717, 1.165) is 0 Å². The first-order chi connectivity index (χ1) is 14.9. The SMILES string of the molecule is COc1ccc(/C=N\NC(=O)CCCC(=O)N/N=C\c2ccc(OC)c(O)c2)cc1O. The highest BCUT2D eigenvalue weighted by atomic mass is 16.5. The Morgan fingerprint density at radius 3 is 1.61 bits per heavy atom. The standard InChI is InChI=1S/C21H24N4O6/c1-30-18-8-6-14(10-16(18)26)12-22-24-20(28)4-3-5-21(29)25-23-13-15-7-9-19(31-2)17(27)11-15/h6-13,26-27H,3-5H2,1-2H3,(H,24,28)(H,25,29)/b22-12-,23-13-. The zero-order valence-corrected chi connectivity index (χ0v) is 17.2. The molecule has 0 aliphatic heterocycles. The zero-order chi connectivity index (χ0) is 22.6. The van der Waals surface area contributed by atoms with E-state index in [4.69, 9.17) is 9.47 Å². The summed E-state index contributed by atoms with van der Waals surface area (Å²) in [6, 6.07) is 9.41. The van der Waals surface area contributed by atoms with E-state index in [9.17, 15) is 19.8 Å². The van der Waals surface area contributed by atoms with Crippen molar-refractivity contribution in [2.24, 2.45) is 10.2 Å². The number of ether oxygens (including phenoxy) is 2. The Kier molecular flexibility index (Phi) is 8.84. The van der Waals surface area contributed by atoms with Gasteiger partial charge in [-0.1, -0.05) is 0 Å². The van der Waals surface area contributed by atoms with Crippen LogP contribution in [-0.4, -0.2) is 48.7 Å². The average Bonchev–Trinajstić information content (AvgIpc) is 2.74. The molecule has 0 spiro atoms. The summed E-state index contributed by atoms with van der Waals surface area (Å²) in [6.07, 6.45) is 3.30. The lowest BCUT2D eigenvalue weighted by Crippen LogP contribution is -2.20. The van der Waals surface area contributed by atoms with Gasteiger partial charge in [-0.15, -0.1) is 0 Å². The summed E-state index contributed by atoms with van der Waals surface area (Å²) in [6.45, 7) is 0. The zero-order valence-electron chi connectivity index (χ0n) is 17.2. The van der Waals surface area contributed by atoms with Gasteiger partial charge in [0, 0.05) is 12.8 Å². The van der Waals surface area contributed by atoms with Crippen molar-refractivity contribution in [1.82, 2.24) is 10.9 Å². The molecule has 0 bridgehead atoms. The third-order valence-electron chi connectivity index (χ3n) is 4.02. The maximum Gasteiger partial charge on any atom is 0.240 e. The molecule has 0 saturated carbocycles. The second-order valence-corrected chi connectivity index (χ2v) is 6.30. The Morgan fingerprint density at radius 1 is 0.839 bits per heavy atom. The smallest absolute Gasteiger partial charge is 0.240 e. The first-order valence-electron chi connectivity index (χ1n) is 9.30. The first kappa shape index (κ1) is 23.2. The van der Waals surface area contributed by atoms with Crippen LogP contribution in [0.4, 0.5) is 0 Å². The van der Waals surface area contributed by atoms with Crippen LogP contribution in [0.5, 0.6) is 23.0 Å². The van der Waals surface area contributed by atoms with Crippen LogP contribution in [0.2, 0.25) is 0 Å². The number of nitrogens with zero attached hydrogens (tertiary/aromatic N) is 2. The number of phenols is 2. The molecule has 2 amide bonds. The van der Waals surface area contributed by atoms with Crippen LogP contribution in [0.1, 0.15) is 30.4 Å². The number of rotatable bonds is 10. The van der Waals surface area contributed by atoms with Crippen LogP contribution in [0.25, 0.3) is 0 Å². The van der Waals surface area contributed by atoms with Gasteiger partial charge in [-0.2, -0.15) is 10.2 Å². The molecule has 2 aromatic carbocycles. The third-order valence-corrected chi connectivity index (χ3v) is 4.02. The van der Waals surface area contributed by atoms with Crippen LogP contribution in [-0.2, 0) is 9.59 Å². The van der Waals surface area contributed by atoms with Crippen molar-refractivity contribution in [2.45, 2.75) is 19.3 Å². The normalized spacial score (nSPS) is 10.9. The fourth-order valence-corrected chi connectivity index (χ4v) is 2.45. The number of phenolic OH excluding ortho intramolecular Hbond substituents is 2. The van der Waals surface area contributed by atoms with Gasteiger partial charge in [-0.05, 0) is 53.9 Å². The average molecular weight is 428 g/mol. The van der Waals surface area contributed by atoms with E-state index in [1.165, 1.54) is 38.8 Å². The molecule has 0 radical (unpaired) electrons. The van der Waals surface area contributed by atoms with Crippen LogP contribution in [0.3, 0.4) is 0 Å². The third kappa shape index (κ3) is 7.69. The molecule has 2 aromatic rings. The molecular weight excluding hydrogens is 404 g/mol. The van der Waals surface area contributed by atoms with Crippen LogP contribution < -0.4 is 20.3 Å². The lowest BCUT2D eigenvalue weighted by Gasteiger charge is -2.03. The molecule has 0 unspecified atom stereocenters. The van der Waals surface area contributed by atoms with E-state index < -0.39 is 0 Å². The molecule has 0 saturated heterocycles. The van der Waals surface area contributed by atoms with Crippen LogP contribution in [0.15, 0.2) is 46.6 Å². The molecule has 0 aliphatic rings. The molecule has 2 rings (SSSR count). The number of benzene rings is 2. The van der Waals surface area contributed by atoms with Gasteiger partial charge in [0.15, 0.2) is 23.0 Å². The molecule has 0 atom stereocenters. The number of carbonyl (C=O) groups is 2. The largest absolute Gasteiger partial charge is 0.504 e. The summed E-state index contributed by atoms with van der Waals surface area (Å²) < 4.78 is 9.89. The number of methoxy groups -OCH3 is 2. The molecule has 4 N–H and O–H groups in total. The predicted octanol–water partition coefficient (Wildman–Crippen LogP) is 1.89. The van der Waals surface area contributed by atoms with E-state index >= 15 is 0 Å². The lowest BCUT2D eigenvalue weighted by atomic mass is 10.2. The molecule has 0 heterocycles. The minimum atomic E-state index is -0.348. The van der Waals surface area contributed by atoms with E-state index in [-0.39, 0.29) is 36.2 Å². The maximum atomic E-state index is 11.8. The highest BCUT2D eigenvalue weighted by Crippen LogP contribution is 2.26. The maximum absolute atomic E-state index is 11.8. The van der Waals surface area contributed by atoms with E-state index in [1.54, 1.807) is 24.3 Å². The van der Waals surface area contributed by atoms with E-state index in [0.29, 0.717) is 29.0 Å². The van der Waals surface area contributed by atoms with Crippen LogP contribution in [0, 0.1) is 0 Å². The Morgan fingerprint density at radius 2 is 1.26 bits per heavy atom. The summed E-state index contributed by atoms with van der Waals surface area (Å²) >= 11 is 0. The summed E-state index contributed by atoms with van der Waals surface area (Å²) in [4.78, 5) is 23.6. The van der Waals surface area contributed by atoms with Gasteiger partial charge in [0.25, 0.3) is 0 Å². The van der Waals surface area contributed by atoms with Crippen LogP contribution >= 0.6 is 0 Å². The monoisotopic (exact) mass is 428 g/mol. The molecule has 0 aromatic heterocycles. The van der Waals surface area contributed by atoms with Gasteiger partial charge in [0.1, 0.15) is 0 Å². The fraction of sp³-hybridized carbons (Fsp3) is 0.238. The van der Waals surface area contributed by atoms with Gasteiger partial charge < -0.3 is 19.7 Å². The molecular formula is C21H24N4O6. The van der Waals surface area contributed by atoms with E-state index in [2.05, 4.69) is 21.1 Å². The Labute approximate surface area is 179 Å². The molecule has 0 aliphatic carbocycles. The summed E-state index contributed by atoms with van der Waals surface area (Å²) in [5.74, 6) is -0.0830. The highest BCUT2D eigenvalue weighted by molar-refractivity contribution is 5.84. The predicted molar refractivity (Wildman–Crippen MR) is 115 cm³/mol. The van der Waals surface area contributed by atoms with Gasteiger partial charge in [-0.25, -0.2) is 10.9 Å². The van der Waals surface area contributed by atoms with E-state index in [1.807, 2.05) is 0 Å². The van der Waals surface area contributed by atoms with Crippen molar-refractivity contribution in [1.29, 1.82) is 0 Å². The topological polar surface area (TPSA) is 142 Å². The summed E-state index contributed by atoms with van der Waals surface area (Å²) in [7, 11) is 2.89. The van der Waals surface area contributed by atoms with Crippen molar-refractivity contribution in [3.05, 3.63) is 47.5 Å². The first-order valence-corrected chi connectivity index (χ1v) is 9.30. The number of hydrazone groups is 2. The number of aromatic hydroxyl groups is 2. The minimum Gasteiger partial charge on any atom is -0.504 e. The van der Waals surface area contributed by atoms with Crippen molar-refractivity contribution < 1.29 is 29.3 Å². The number of nitrogens with one attached hydrogen (secondary N) is 2. The van der Waals surface area contributed by atoms with Crippen molar-refractivity contribution in [3.8, 4) is 23.0 Å². The number of hydrogen-bond donors (Lipinski definition) is 4. The molecule has 0 fully saturated rings. The van der Waals surface area contributed by atoms with Gasteiger partial charge in [-0.3, -0.25) is 9.59 Å². The Bertz CT molecular complexity index is 897. The molecule has 10 nitrogen and oxygen atoms in total. The Hall–Kier alpha value is -4.08. The molecule has 164 valence electrons. The van der Waals surface area contributed by atoms with Crippen molar-refractivity contribution in [2.75, 3.05) is 14.2 Å². The summed E-state index contributed by atoms with van der Waals surface area (Å²) in [5, 5.41) is 27.0. The summed E-state index contributed by atoms with van der Waals surface area (Å²) in [5.41, 5.74) is 5.88. The number of hydrogen-bond acceptors (Lipinski definition) is 8. The molecule has 31 heavy (non-hydrogen) atoms. The lowest BCUT2D eigenvalue weighted by molar-refractivity contribution is -0.122. The number of carbonyl (C=O) groups excluding carboxylic acids is 2. The fourth-order valence-electron chi connectivity index (χ4n) is 2.45. The number of amides is 2. The quantitative estimate of drug-likeness (QED) is 0.336. The molecule has 10 heteroatoms. The Balaban J connectivity index is 1.67. The second kappa shape index (κ2) is 11.8. The van der Waals surface area contributed by atoms with Crippen molar-refractivity contribution in [3.63, 3.8) is 0 Å². The van der Waals surface area contributed by atoms with Crippen molar-refractivity contribution >= 4 is 24.2 Å². The van der Waals surface area contributed by atoms with Gasteiger partial charge >= 0.3 is 0 Å². The van der Waals surface area contributed by atoms with Gasteiger partial charge in [0.2, 0.25) is 11.8 Å².